The molecule has 1 aromatic heterocycles. The maximum absolute atomic E-state index is 15.4. The van der Waals surface area contributed by atoms with Gasteiger partial charge in [0.15, 0.2) is 0 Å². The molecule has 18 atom stereocenters. The molecule has 0 radical (unpaired) electrons. The molecule has 1 unspecified atom stereocenters. The number of hydrogen-bond donors (Lipinski definition) is 20. The molecule has 2 saturated heterocycles. The molecule has 33 heteroatoms. The summed E-state index contributed by atoms with van der Waals surface area (Å²) in [5.41, 5.74) is 11.9. The van der Waals surface area contributed by atoms with Gasteiger partial charge in [0.1, 0.15) is 102 Å². The van der Waals surface area contributed by atoms with Crippen LogP contribution < -0.4 is 48.7 Å². The maximum Gasteiger partial charge on any atom is 0.326 e. The van der Waals surface area contributed by atoms with Crippen LogP contribution in [0, 0.1) is 11.8 Å². The standard InChI is InChI=1S/C66H96N10O20S3/c1-33(2)22-44(62(91)76-51(34(3)4)64(93)94)73-59(88)43(16-10-11-21-67)72-60(89)45(24-36-17-19-38(79)20-18-36)74-63(92)47(32-97-30-39(99-66-57(86)55(84)53(82)49(29-78)96-66)31-98-65-56(85)54(83)52(81)48(28-77)95-65)75-61(90)46(25-37-26-69-42-15-9-8-14-40(37)42)71-50(80)27-70-58(87)41(68)23-35-12-6-5-7-13-35/h5-9,12-15,17-20,26,33-34,39,41,43-49,51-57,65-66,69,77-79,81-86H,10-11,16,21-25,27-32,67-68H2,1-4H3,(H,70,87)(H,71,80)(H,72,89)(H,73,88)(H,74,92)(H,75,90)(H,76,91)(H,93,94)/t39?,41-,43-,44-,45-,46-,47-,48+,49+,51-,52+,53+,54-,55-,56+,57+,65-,66-/m0/s1. The lowest BCUT2D eigenvalue weighted by Crippen LogP contribution is -2.60. The number of unbranched alkanes of at least 4 members (excludes halogenated alkanes) is 1. The molecule has 0 aliphatic carbocycles. The minimum atomic E-state index is -1.80. The van der Waals surface area contributed by atoms with Gasteiger partial charge in [-0.15, -0.1) is 23.5 Å². The molecule has 6 rings (SSSR count). The van der Waals surface area contributed by atoms with E-state index in [0.29, 0.717) is 28.5 Å². The number of benzene rings is 3. The number of para-hydroxylation sites is 1. The van der Waals surface area contributed by atoms with E-state index in [2.05, 4.69) is 42.2 Å². The number of carboxylic acid groups (broad SMARTS) is 1. The molecule has 0 saturated carbocycles. The normalized spacial score (nSPS) is 23.3. The van der Waals surface area contributed by atoms with Gasteiger partial charge in [-0.3, -0.25) is 33.6 Å². The van der Waals surface area contributed by atoms with E-state index in [1.165, 1.54) is 24.3 Å². The van der Waals surface area contributed by atoms with Crippen LogP contribution >= 0.6 is 35.3 Å². The van der Waals surface area contributed by atoms with Gasteiger partial charge in [0, 0.05) is 52.4 Å². The predicted octanol–water partition coefficient (Wildman–Crippen LogP) is -2.66. The molecule has 548 valence electrons. The van der Waals surface area contributed by atoms with Gasteiger partial charge in [0.2, 0.25) is 41.4 Å². The number of carbonyl (C=O) groups excluding carboxylic acids is 7. The van der Waals surface area contributed by atoms with E-state index in [1.807, 2.05) is 0 Å². The second-order valence-corrected chi connectivity index (χ2v) is 28.9. The fourth-order valence-electron chi connectivity index (χ4n) is 11.0. The van der Waals surface area contributed by atoms with E-state index in [0.717, 1.165) is 40.8 Å². The number of phenols is 1. The molecule has 2 aliphatic heterocycles. The zero-order valence-corrected chi connectivity index (χ0v) is 57.9. The van der Waals surface area contributed by atoms with Crippen molar-refractivity contribution in [3.8, 4) is 5.75 Å². The number of nitrogens with two attached hydrogens (primary N) is 2. The van der Waals surface area contributed by atoms with Crippen LogP contribution in [0.3, 0.4) is 0 Å². The third kappa shape index (κ3) is 24.5. The smallest absolute Gasteiger partial charge is 0.326 e. The number of fused-ring (bicyclic) bond motifs is 1. The molecule has 3 heterocycles. The largest absolute Gasteiger partial charge is 0.508 e. The Kier molecular flexibility index (Phi) is 32.9. The Hall–Kier alpha value is -6.67. The summed E-state index contributed by atoms with van der Waals surface area (Å²) in [6.07, 6.45) is -11.0. The molecule has 2 fully saturated rings. The van der Waals surface area contributed by atoms with Gasteiger partial charge in [0.05, 0.1) is 25.8 Å². The number of ether oxygens (including phenoxy) is 2. The van der Waals surface area contributed by atoms with Crippen LogP contribution in [0.2, 0.25) is 0 Å². The van der Waals surface area contributed by atoms with Crippen molar-refractivity contribution in [1.82, 2.24) is 42.2 Å². The minimum absolute atomic E-state index is 0.0333. The number of phenolic OH excluding ortho intramolecular Hbond substituents is 1. The number of aromatic hydroxyl groups is 1. The maximum atomic E-state index is 15.4. The van der Waals surface area contributed by atoms with Crippen molar-refractivity contribution in [2.45, 2.75) is 180 Å². The number of aromatic amines is 1. The summed E-state index contributed by atoms with van der Waals surface area (Å²) in [5, 5.41) is 124. The molecule has 4 aromatic rings. The second kappa shape index (κ2) is 40.1. The number of aliphatic hydroxyl groups excluding tert-OH is 8. The van der Waals surface area contributed by atoms with Crippen molar-refractivity contribution < 1.29 is 98.9 Å². The number of aromatic nitrogens is 1. The van der Waals surface area contributed by atoms with Gasteiger partial charge in [-0.05, 0) is 85.4 Å². The molecule has 7 amide bonds. The number of aliphatic hydroxyl groups is 8. The van der Waals surface area contributed by atoms with Gasteiger partial charge >= 0.3 is 5.97 Å². The highest BCUT2D eigenvalue weighted by atomic mass is 32.2. The first-order chi connectivity index (χ1) is 47.1. The molecular weight excluding hydrogens is 1350 g/mol. The topological polar surface area (TPSA) is 509 Å². The van der Waals surface area contributed by atoms with Crippen LogP contribution in [-0.2, 0) is 67.1 Å². The molecular formula is C66H96N10O20S3. The quantitative estimate of drug-likeness (QED) is 0.0203. The number of thioether (sulfide) groups is 3. The zero-order valence-electron chi connectivity index (χ0n) is 55.5. The summed E-state index contributed by atoms with van der Waals surface area (Å²) in [5.74, 6) is -8.65. The zero-order chi connectivity index (χ0) is 72.6. The van der Waals surface area contributed by atoms with Crippen molar-refractivity contribution in [3.05, 3.63) is 102 Å². The summed E-state index contributed by atoms with van der Waals surface area (Å²) in [6.45, 7) is 4.85. The SMILES string of the molecule is CC(C)C[C@H](NC(=O)[C@H](CCCCN)NC(=O)[C@H](Cc1ccc(O)cc1)NC(=O)[C@H](CSCC(CS[C@@H]1O[C@H](CO)[C@@H](O)[C@H](O)[C@H]1O)S[C@@H]1O[C@H](CO)[C@@H](O)[C@H](O)[C@H]1O)NC(=O)[C@H](Cc1c[nH]c2ccccc12)NC(=O)CNC(=O)[C@@H](N)Cc1ccccc1)C(=O)N[C@H](C(=O)O)C(C)C. The minimum Gasteiger partial charge on any atom is -0.508 e. The van der Waals surface area contributed by atoms with Gasteiger partial charge in [-0.25, -0.2) is 4.79 Å². The van der Waals surface area contributed by atoms with E-state index in [4.69, 9.17) is 20.9 Å². The van der Waals surface area contributed by atoms with Crippen molar-refractivity contribution in [3.63, 3.8) is 0 Å². The number of rotatable bonds is 39. The Bertz CT molecular complexity index is 3250. The molecule has 2 aliphatic rings. The molecule has 99 heavy (non-hydrogen) atoms. The third-order valence-electron chi connectivity index (χ3n) is 16.7. The van der Waals surface area contributed by atoms with E-state index in [1.54, 1.807) is 88.5 Å². The van der Waals surface area contributed by atoms with Gasteiger partial charge in [-0.1, -0.05) is 88.4 Å². The Morgan fingerprint density at radius 3 is 1.74 bits per heavy atom. The van der Waals surface area contributed by atoms with Crippen molar-refractivity contribution in [2.75, 3.05) is 43.6 Å². The Balaban J connectivity index is 1.36. The van der Waals surface area contributed by atoms with E-state index in [9.17, 15) is 75.0 Å². The lowest BCUT2D eigenvalue weighted by molar-refractivity contribution is -0.205. The first-order valence-electron chi connectivity index (χ1n) is 32.7. The van der Waals surface area contributed by atoms with Crippen LogP contribution in [-0.4, -0.2) is 254 Å². The van der Waals surface area contributed by atoms with E-state index >= 15 is 14.4 Å². The number of carbonyl (C=O) groups is 8. The van der Waals surface area contributed by atoms with Crippen LogP contribution in [0.5, 0.6) is 5.75 Å². The van der Waals surface area contributed by atoms with Crippen LogP contribution in [0.25, 0.3) is 10.9 Å². The molecule has 22 N–H and O–H groups in total. The number of amides is 7. The van der Waals surface area contributed by atoms with Crippen molar-refractivity contribution >= 4 is 93.5 Å². The van der Waals surface area contributed by atoms with E-state index in [-0.39, 0.29) is 74.0 Å². The molecule has 0 bridgehead atoms. The highest BCUT2D eigenvalue weighted by Crippen LogP contribution is 2.37. The van der Waals surface area contributed by atoms with E-state index < -0.39 is 180 Å². The number of aliphatic carboxylic acids is 1. The van der Waals surface area contributed by atoms with Gasteiger partial charge < -0.3 is 114 Å². The number of H-pyrrole nitrogens is 1. The summed E-state index contributed by atoms with van der Waals surface area (Å²) >= 11 is 2.84. The van der Waals surface area contributed by atoms with Gasteiger partial charge in [0.25, 0.3) is 0 Å². The monoisotopic (exact) mass is 1440 g/mol. The Morgan fingerprint density at radius 1 is 0.576 bits per heavy atom. The summed E-state index contributed by atoms with van der Waals surface area (Å²) < 4.78 is 11.6. The average Bonchev–Trinajstić information content (AvgIpc) is 1.70. The number of nitrogens with one attached hydrogen (secondary N) is 8. The molecule has 30 nitrogen and oxygen atoms in total. The highest BCUT2D eigenvalue weighted by Gasteiger charge is 2.47. The van der Waals surface area contributed by atoms with Gasteiger partial charge in [-0.2, -0.15) is 11.8 Å². The number of hydrogen-bond acceptors (Lipinski definition) is 24. The fraction of sp³-hybridized carbons (Fsp3) is 0.576. The average molecular weight is 1450 g/mol. The lowest BCUT2D eigenvalue weighted by atomic mass is 9.99. The van der Waals surface area contributed by atoms with Crippen LogP contribution in [0.4, 0.5) is 0 Å². The third-order valence-corrected chi connectivity index (χ3v) is 21.0. The second-order valence-electron chi connectivity index (χ2n) is 25.3. The molecule has 0 spiro atoms. The van der Waals surface area contributed by atoms with Crippen molar-refractivity contribution in [2.24, 2.45) is 23.3 Å². The van der Waals surface area contributed by atoms with Crippen LogP contribution in [0.15, 0.2) is 85.1 Å². The van der Waals surface area contributed by atoms with Crippen LogP contribution in [0.1, 0.15) is 70.1 Å². The highest BCUT2D eigenvalue weighted by molar-refractivity contribution is 8.05. The first kappa shape index (κ1) is 81.3. The fourth-order valence-corrected chi connectivity index (χ4v) is 15.3. The lowest BCUT2D eigenvalue weighted by Gasteiger charge is -2.41. The Labute approximate surface area is 586 Å². The molecule has 3 aromatic carbocycles. The summed E-state index contributed by atoms with van der Waals surface area (Å²) in [7, 11) is 0. The summed E-state index contributed by atoms with van der Waals surface area (Å²) in [4.78, 5) is 116. The van der Waals surface area contributed by atoms with Crippen molar-refractivity contribution in [1.29, 1.82) is 0 Å². The first-order valence-corrected chi connectivity index (χ1v) is 35.9. The summed E-state index contributed by atoms with van der Waals surface area (Å²) in [6, 6.07) is 11.9. The predicted molar refractivity (Wildman–Crippen MR) is 370 cm³/mol. The Morgan fingerprint density at radius 2 is 1.12 bits per heavy atom. The number of carboxylic acids is 1.